The first-order valence-electron chi connectivity index (χ1n) is 6.59. The zero-order valence-corrected chi connectivity index (χ0v) is 13.0. The molecule has 2 N–H and O–H groups in total. The van der Waals surface area contributed by atoms with Crippen molar-refractivity contribution in [2.45, 2.75) is 19.3 Å². The van der Waals surface area contributed by atoms with Crippen molar-refractivity contribution >= 4 is 22.4 Å². The molecule has 6 heteroatoms. The monoisotopic (exact) mass is 306 g/mol. The van der Waals surface area contributed by atoms with Gasteiger partial charge in [0.25, 0.3) is 0 Å². The lowest BCUT2D eigenvalue weighted by Gasteiger charge is -2.09. The molecule has 0 saturated carbocycles. The van der Waals surface area contributed by atoms with Gasteiger partial charge in [0.1, 0.15) is 5.75 Å². The molecular formula is C15H18N2O3S. The van der Waals surface area contributed by atoms with E-state index in [2.05, 4.69) is 10.3 Å². The summed E-state index contributed by atoms with van der Waals surface area (Å²) >= 11 is 1.50. The van der Waals surface area contributed by atoms with Crippen molar-refractivity contribution in [3.8, 4) is 17.0 Å². The Labute approximate surface area is 127 Å². The fraction of sp³-hybridized carbons (Fsp3) is 0.333. The number of carboxylic acid groups (broad SMARTS) is 1. The zero-order chi connectivity index (χ0) is 15.4. The average molecular weight is 306 g/mol. The standard InChI is InChI=1S/C15H18N2O3S/c1-9(8-12(18)19)14-13(17-15(16-2)21-14)10-4-6-11(20-3)7-5-10/h4-7,9H,8H2,1-3H3,(H,16,17)(H,18,19). The summed E-state index contributed by atoms with van der Waals surface area (Å²) in [6.07, 6.45) is 0.0918. The Morgan fingerprint density at radius 3 is 2.62 bits per heavy atom. The molecule has 5 nitrogen and oxygen atoms in total. The molecule has 0 aliphatic carbocycles. The Morgan fingerprint density at radius 2 is 2.10 bits per heavy atom. The third-order valence-electron chi connectivity index (χ3n) is 3.16. The van der Waals surface area contributed by atoms with Gasteiger partial charge in [0.05, 0.1) is 19.2 Å². The molecule has 0 bridgehead atoms. The third kappa shape index (κ3) is 3.52. The molecule has 0 aliphatic heterocycles. The Kier molecular flexibility index (Phi) is 4.80. The van der Waals surface area contributed by atoms with Crippen LogP contribution in [0.3, 0.4) is 0 Å². The van der Waals surface area contributed by atoms with Gasteiger partial charge in [0, 0.05) is 23.4 Å². The Hall–Kier alpha value is -2.08. The van der Waals surface area contributed by atoms with Crippen molar-refractivity contribution in [3.63, 3.8) is 0 Å². The van der Waals surface area contributed by atoms with Gasteiger partial charge < -0.3 is 15.2 Å². The summed E-state index contributed by atoms with van der Waals surface area (Å²) in [7, 11) is 3.43. The lowest BCUT2D eigenvalue weighted by molar-refractivity contribution is -0.137. The second kappa shape index (κ2) is 6.58. The minimum atomic E-state index is -0.803. The molecule has 2 aromatic rings. The van der Waals surface area contributed by atoms with Gasteiger partial charge in [-0.1, -0.05) is 6.92 Å². The maximum absolute atomic E-state index is 10.9. The SMILES string of the molecule is CNc1nc(-c2ccc(OC)cc2)c(C(C)CC(=O)O)s1. The number of carboxylic acids is 1. The molecule has 112 valence electrons. The molecule has 1 heterocycles. The summed E-state index contributed by atoms with van der Waals surface area (Å²) in [4.78, 5) is 16.5. The third-order valence-corrected chi connectivity index (χ3v) is 4.46. The van der Waals surface area contributed by atoms with Crippen molar-refractivity contribution in [2.75, 3.05) is 19.5 Å². The maximum Gasteiger partial charge on any atom is 0.303 e. The Balaban J connectivity index is 2.40. The van der Waals surface area contributed by atoms with E-state index in [1.54, 1.807) is 7.11 Å². The second-order valence-corrected chi connectivity index (χ2v) is 5.74. The minimum absolute atomic E-state index is 0.0841. The fourth-order valence-corrected chi connectivity index (χ4v) is 3.08. The van der Waals surface area contributed by atoms with Crippen LogP contribution in [0.15, 0.2) is 24.3 Å². The predicted molar refractivity (Wildman–Crippen MR) is 84.3 cm³/mol. The van der Waals surface area contributed by atoms with Crippen LogP contribution in [0.1, 0.15) is 24.1 Å². The van der Waals surface area contributed by atoms with Gasteiger partial charge >= 0.3 is 5.97 Å². The second-order valence-electron chi connectivity index (χ2n) is 4.71. The van der Waals surface area contributed by atoms with Gasteiger partial charge in [-0.2, -0.15) is 0 Å². The molecule has 1 aromatic carbocycles. The number of benzene rings is 1. The Morgan fingerprint density at radius 1 is 1.43 bits per heavy atom. The van der Waals surface area contributed by atoms with Gasteiger partial charge in [-0.05, 0) is 24.3 Å². The first-order chi connectivity index (χ1) is 10.0. The summed E-state index contributed by atoms with van der Waals surface area (Å²) in [5, 5.41) is 12.8. The van der Waals surface area contributed by atoms with Gasteiger partial charge in [0.15, 0.2) is 5.13 Å². The first-order valence-corrected chi connectivity index (χ1v) is 7.41. The van der Waals surface area contributed by atoms with E-state index in [9.17, 15) is 4.79 Å². The Bertz CT molecular complexity index is 622. The van der Waals surface area contributed by atoms with Crippen LogP contribution in [0, 0.1) is 0 Å². The number of nitrogens with one attached hydrogen (secondary N) is 1. The number of anilines is 1. The van der Waals surface area contributed by atoms with Gasteiger partial charge in [-0.25, -0.2) is 4.98 Å². The maximum atomic E-state index is 10.9. The van der Waals surface area contributed by atoms with Crippen molar-refractivity contribution in [2.24, 2.45) is 0 Å². The van der Waals surface area contributed by atoms with Gasteiger partial charge in [0.2, 0.25) is 0 Å². The van der Waals surface area contributed by atoms with Gasteiger partial charge in [-0.3, -0.25) is 4.79 Å². The highest BCUT2D eigenvalue weighted by molar-refractivity contribution is 7.16. The topological polar surface area (TPSA) is 71.5 Å². The van der Waals surface area contributed by atoms with Crippen LogP contribution in [-0.4, -0.2) is 30.2 Å². The molecule has 1 atom stereocenters. The summed E-state index contributed by atoms with van der Waals surface area (Å²) in [6, 6.07) is 7.62. The lowest BCUT2D eigenvalue weighted by Crippen LogP contribution is -2.02. The number of thiazole rings is 1. The number of hydrogen-bond donors (Lipinski definition) is 2. The molecule has 0 saturated heterocycles. The predicted octanol–water partition coefficient (Wildman–Crippen LogP) is 3.44. The minimum Gasteiger partial charge on any atom is -0.497 e. The summed E-state index contributed by atoms with van der Waals surface area (Å²) in [6.45, 7) is 1.91. The summed E-state index contributed by atoms with van der Waals surface area (Å²) < 4.78 is 5.15. The van der Waals surface area contributed by atoms with Gasteiger partial charge in [-0.15, -0.1) is 11.3 Å². The van der Waals surface area contributed by atoms with Crippen molar-refractivity contribution in [1.29, 1.82) is 0 Å². The van der Waals surface area contributed by atoms with E-state index in [1.807, 2.05) is 38.2 Å². The molecule has 1 unspecified atom stereocenters. The van der Waals surface area contributed by atoms with Crippen LogP contribution in [0.2, 0.25) is 0 Å². The van der Waals surface area contributed by atoms with Crippen LogP contribution in [0.25, 0.3) is 11.3 Å². The molecule has 0 radical (unpaired) electrons. The van der Waals surface area contributed by atoms with E-state index in [1.165, 1.54) is 11.3 Å². The van der Waals surface area contributed by atoms with Crippen LogP contribution in [0.5, 0.6) is 5.75 Å². The molecule has 2 rings (SSSR count). The van der Waals surface area contributed by atoms with E-state index in [0.717, 1.165) is 27.0 Å². The van der Waals surface area contributed by atoms with Crippen LogP contribution < -0.4 is 10.1 Å². The highest BCUT2D eigenvalue weighted by Crippen LogP contribution is 2.37. The number of carbonyl (C=O) groups is 1. The van der Waals surface area contributed by atoms with Crippen molar-refractivity contribution in [1.82, 2.24) is 4.98 Å². The largest absolute Gasteiger partial charge is 0.497 e. The highest BCUT2D eigenvalue weighted by atomic mass is 32.1. The number of hydrogen-bond acceptors (Lipinski definition) is 5. The van der Waals surface area contributed by atoms with E-state index >= 15 is 0 Å². The number of rotatable bonds is 6. The molecular weight excluding hydrogens is 288 g/mol. The van der Waals surface area contributed by atoms with Crippen LogP contribution in [-0.2, 0) is 4.79 Å². The highest BCUT2D eigenvalue weighted by Gasteiger charge is 2.20. The number of aliphatic carboxylic acids is 1. The number of aromatic nitrogens is 1. The summed E-state index contributed by atoms with van der Waals surface area (Å²) in [5.74, 6) is -0.107. The normalized spacial score (nSPS) is 12.0. The van der Waals surface area contributed by atoms with Crippen molar-refractivity contribution < 1.29 is 14.6 Å². The number of methoxy groups -OCH3 is 1. The van der Waals surface area contributed by atoms with E-state index in [-0.39, 0.29) is 12.3 Å². The average Bonchev–Trinajstić information content (AvgIpc) is 2.91. The number of ether oxygens (including phenoxy) is 1. The molecule has 0 amide bonds. The quantitative estimate of drug-likeness (QED) is 0.855. The smallest absolute Gasteiger partial charge is 0.303 e. The van der Waals surface area contributed by atoms with E-state index in [4.69, 9.17) is 9.84 Å². The summed E-state index contributed by atoms with van der Waals surface area (Å²) in [5.41, 5.74) is 1.79. The van der Waals surface area contributed by atoms with E-state index < -0.39 is 5.97 Å². The zero-order valence-electron chi connectivity index (χ0n) is 12.2. The molecule has 21 heavy (non-hydrogen) atoms. The van der Waals surface area contributed by atoms with Crippen LogP contribution >= 0.6 is 11.3 Å². The molecule has 1 aromatic heterocycles. The molecule has 0 aliphatic rings. The molecule has 0 spiro atoms. The lowest BCUT2D eigenvalue weighted by atomic mass is 10.0. The first kappa shape index (κ1) is 15.3. The van der Waals surface area contributed by atoms with E-state index in [0.29, 0.717) is 0 Å². The van der Waals surface area contributed by atoms with Crippen LogP contribution in [0.4, 0.5) is 5.13 Å². The molecule has 0 fully saturated rings. The van der Waals surface area contributed by atoms with Crippen molar-refractivity contribution in [3.05, 3.63) is 29.1 Å². The fourth-order valence-electron chi connectivity index (χ4n) is 2.08. The number of nitrogens with zero attached hydrogens (tertiary/aromatic N) is 1.